The van der Waals surface area contributed by atoms with Gasteiger partial charge in [0.05, 0.1) is 5.56 Å². The molecule has 6 nitrogen and oxygen atoms in total. The second kappa shape index (κ2) is 10.9. The summed E-state index contributed by atoms with van der Waals surface area (Å²) in [6.45, 7) is 9.18. The molecule has 36 heavy (non-hydrogen) atoms. The fourth-order valence-corrected chi connectivity index (χ4v) is 5.96. The first-order chi connectivity index (χ1) is 17.5. The van der Waals surface area contributed by atoms with Crippen LogP contribution in [0.2, 0.25) is 0 Å². The van der Waals surface area contributed by atoms with E-state index in [4.69, 9.17) is 0 Å². The van der Waals surface area contributed by atoms with Gasteiger partial charge in [-0.05, 0) is 74.9 Å². The van der Waals surface area contributed by atoms with Crippen molar-refractivity contribution in [1.82, 2.24) is 10.2 Å². The highest BCUT2D eigenvalue weighted by molar-refractivity contribution is 6.00. The zero-order chi connectivity index (χ0) is 25.1. The number of benzene rings is 2. The molecule has 0 aromatic heterocycles. The van der Waals surface area contributed by atoms with Crippen molar-refractivity contribution in [3.63, 3.8) is 0 Å². The Balaban J connectivity index is 1.18. The molecule has 0 unspecified atom stereocenters. The maximum atomic E-state index is 13.6. The van der Waals surface area contributed by atoms with Crippen LogP contribution in [0, 0.1) is 19.8 Å². The molecule has 2 aromatic carbocycles. The summed E-state index contributed by atoms with van der Waals surface area (Å²) >= 11 is 0. The summed E-state index contributed by atoms with van der Waals surface area (Å²) in [4.78, 5) is 32.9. The Bertz CT molecular complexity index is 1080. The van der Waals surface area contributed by atoms with E-state index >= 15 is 0 Å². The van der Waals surface area contributed by atoms with Crippen LogP contribution < -0.4 is 15.1 Å². The van der Waals surface area contributed by atoms with Gasteiger partial charge in [0.1, 0.15) is 0 Å². The van der Waals surface area contributed by atoms with Crippen LogP contribution in [0.1, 0.15) is 60.0 Å². The van der Waals surface area contributed by atoms with Gasteiger partial charge in [0, 0.05) is 62.6 Å². The van der Waals surface area contributed by atoms with E-state index in [-0.39, 0.29) is 23.8 Å². The Hall–Kier alpha value is -3.02. The lowest BCUT2D eigenvalue weighted by molar-refractivity contribution is -0.125. The van der Waals surface area contributed by atoms with Gasteiger partial charge in [-0.15, -0.1) is 0 Å². The average Bonchev–Trinajstić information content (AvgIpc) is 3.46. The Kier molecular flexibility index (Phi) is 7.49. The number of hydrogen-bond donors (Lipinski definition) is 1. The number of aryl methyl sites for hydroxylation is 2. The Morgan fingerprint density at radius 1 is 0.778 bits per heavy atom. The van der Waals surface area contributed by atoms with Crippen LogP contribution in [0.3, 0.4) is 0 Å². The Morgan fingerprint density at radius 2 is 1.47 bits per heavy atom. The molecule has 3 fully saturated rings. The van der Waals surface area contributed by atoms with Crippen molar-refractivity contribution < 1.29 is 9.59 Å². The third-order valence-corrected chi connectivity index (χ3v) is 8.46. The van der Waals surface area contributed by atoms with Crippen molar-refractivity contribution in [1.29, 1.82) is 0 Å². The molecule has 1 aliphatic carbocycles. The quantitative estimate of drug-likeness (QED) is 0.671. The zero-order valence-corrected chi connectivity index (χ0v) is 21.8. The summed E-state index contributed by atoms with van der Waals surface area (Å²) < 4.78 is 0. The summed E-state index contributed by atoms with van der Waals surface area (Å²) in [7, 11) is 0. The van der Waals surface area contributed by atoms with Crippen molar-refractivity contribution in [3.05, 3.63) is 59.2 Å². The highest BCUT2D eigenvalue weighted by atomic mass is 16.2. The number of carbonyl (C=O) groups is 2. The number of anilines is 2. The van der Waals surface area contributed by atoms with Gasteiger partial charge < -0.3 is 20.0 Å². The average molecular weight is 489 g/mol. The van der Waals surface area contributed by atoms with Crippen molar-refractivity contribution in [2.75, 3.05) is 49.1 Å². The van der Waals surface area contributed by atoms with Gasteiger partial charge in [-0.2, -0.15) is 0 Å². The molecule has 2 amide bonds. The van der Waals surface area contributed by atoms with Crippen LogP contribution >= 0.6 is 0 Å². The first-order valence-electron chi connectivity index (χ1n) is 13.8. The molecule has 2 aromatic rings. The van der Waals surface area contributed by atoms with Gasteiger partial charge in [0.25, 0.3) is 5.91 Å². The second-order valence-electron chi connectivity index (χ2n) is 10.8. The molecule has 5 rings (SSSR count). The van der Waals surface area contributed by atoms with E-state index in [0.29, 0.717) is 0 Å². The van der Waals surface area contributed by atoms with E-state index in [1.54, 1.807) is 0 Å². The molecule has 0 bridgehead atoms. The molecule has 2 heterocycles. The normalized spacial score (nSPS) is 19.6. The number of amides is 2. The zero-order valence-electron chi connectivity index (χ0n) is 21.8. The monoisotopic (exact) mass is 488 g/mol. The van der Waals surface area contributed by atoms with E-state index < -0.39 is 0 Å². The van der Waals surface area contributed by atoms with E-state index in [0.717, 1.165) is 76.2 Å². The standard InChI is InChI=1S/C30H40N4O2/c1-22-11-12-26(21-23(22)2)32-17-19-34(20-18-32)30(36)27-9-5-6-10-28(27)33-15-13-25(14-16-33)31-29(35)24-7-3-4-8-24/h5-6,9-12,21,24-25H,3-4,7-8,13-20H2,1-2H3,(H,31,35). The molecule has 1 N–H and O–H groups in total. The highest BCUT2D eigenvalue weighted by Crippen LogP contribution is 2.28. The first kappa shape index (κ1) is 24.7. The minimum absolute atomic E-state index is 0.127. The number of carbonyl (C=O) groups excluding carboxylic acids is 2. The molecular formula is C30H40N4O2. The predicted octanol–water partition coefficient (Wildman–Crippen LogP) is 4.54. The predicted molar refractivity (Wildman–Crippen MR) is 146 cm³/mol. The maximum Gasteiger partial charge on any atom is 0.256 e. The Morgan fingerprint density at radius 3 is 2.17 bits per heavy atom. The van der Waals surface area contributed by atoms with Crippen LogP contribution in [-0.4, -0.2) is 62.0 Å². The number of hydrogen-bond acceptors (Lipinski definition) is 4. The molecule has 3 aliphatic rings. The summed E-state index contributed by atoms with van der Waals surface area (Å²) in [5, 5.41) is 3.30. The van der Waals surface area contributed by atoms with Crippen LogP contribution in [0.15, 0.2) is 42.5 Å². The van der Waals surface area contributed by atoms with E-state index in [9.17, 15) is 9.59 Å². The summed E-state index contributed by atoms with van der Waals surface area (Å²) in [6, 6.07) is 14.9. The lowest BCUT2D eigenvalue weighted by Gasteiger charge is -2.38. The number of piperidine rings is 1. The molecular weight excluding hydrogens is 448 g/mol. The van der Waals surface area contributed by atoms with Crippen LogP contribution in [0.4, 0.5) is 11.4 Å². The minimum atomic E-state index is 0.127. The van der Waals surface area contributed by atoms with E-state index in [1.807, 2.05) is 23.1 Å². The lowest BCUT2D eigenvalue weighted by Crippen LogP contribution is -2.49. The van der Waals surface area contributed by atoms with Crippen molar-refractivity contribution in [2.24, 2.45) is 5.92 Å². The molecule has 6 heteroatoms. The van der Waals surface area contributed by atoms with Crippen LogP contribution in [0.25, 0.3) is 0 Å². The second-order valence-corrected chi connectivity index (χ2v) is 10.8. The van der Waals surface area contributed by atoms with Gasteiger partial charge in [-0.3, -0.25) is 9.59 Å². The smallest absolute Gasteiger partial charge is 0.256 e. The summed E-state index contributed by atoms with van der Waals surface area (Å²) in [5.41, 5.74) is 5.69. The van der Waals surface area contributed by atoms with E-state index in [1.165, 1.54) is 29.7 Å². The molecule has 2 saturated heterocycles. The first-order valence-corrected chi connectivity index (χ1v) is 13.8. The highest BCUT2D eigenvalue weighted by Gasteiger charge is 2.29. The number of piperazine rings is 1. The van der Waals surface area contributed by atoms with Gasteiger partial charge in [0.15, 0.2) is 0 Å². The van der Waals surface area contributed by atoms with Crippen LogP contribution in [0.5, 0.6) is 0 Å². The number of nitrogens with one attached hydrogen (secondary N) is 1. The van der Waals surface area contributed by atoms with E-state index in [2.05, 4.69) is 53.2 Å². The minimum Gasteiger partial charge on any atom is -0.371 e. The lowest BCUT2D eigenvalue weighted by atomic mass is 10.0. The third-order valence-electron chi connectivity index (χ3n) is 8.46. The molecule has 0 radical (unpaired) electrons. The van der Waals surface area contributed by atoms with Crippen molar-refractivity contribution in [3.8, 4) is 0 Å². The van der Waals surface area contributed by atoms with Gasteiger partial charge in [0.2, 0.25) is 5.91 Å². The topological polar surface area (TPSA) is 55.9 Å². The number of rotatable bonds is 5. The van der Waals surface area contributed by atoms with Crippen LogP contribution in [-0.2, 0) is 4.79 Å². The van der Waals surface area contributed by atoms with Gasteiger partial charge in [-0.25, -0.2) is 0 Å². The van der Waals surface area contributed by atoms with Gasteiger partial charge in [-0.1, -0.05) is 31.0 Å². The fourth-order valence-electron chi connectivity index (χ4n) is 5.96. The Labute approximate surface area is 215 Å². The van der Waals surface area contributed by atoms with Crippen molar-refractivity contribution >= 4 is 23.2 Å². The molecule has 0 atom stereocenters. The molecule has 2 aliphatic heterocycles. The largest absolute Gasteiger partial charge is 0.371 e. The summed E-state index contributed by atoms with van der Waals surface area (Å²) in [6.07, 6.45) is 6.30. The molecule has 1 saturated carbocycles. The number of para-hydroxylation sites is 1. The SMILES string of the molecule is Cc1ccc(N2CCN(C(=O)c3ccccc3N3CCC(NC(=O)C4CCCC4)CC3)CC2)cc1C. The molecule has 0 spiro atoms. The van der Waals surface area contributed by atoms with Gasteiger partial charge >= 0.3 is 0 Å². The van der Waals surface area contributed by atoms with Crippen molar-refractivity contribution in [2.45, 2.75) is 58.4 Å². The fraction of sp³-hybridized carbons (Fsp3) is 0.533. The summed E-state index contributed by atoms with van der Waals surface area (Å²) in [5.74, 6) is 0.598. The molecule has 192 valence electrons. The number of nitrogens with zero attached hydrogens (tertiary/aromatic N) is 3. The maximum absolute atomic E-state index is 13.6. The third kappa shape index (κ3) is 5.37.